The minimum absolute atomic E-state index is 0.112. The summed E-state index contributed by atoms with van der Waals surface area (Å²) in [5.41, 5.74) is -0.158. The zero-order valence-electron chi connectivity index (χ0n) is 12.6. The Hall–Kier alpha value is -1.87. The van der Waals surface area contributed by atoms with E-state index >= 15 is 0 Å². The molecule has 0 fully saturated rings. The highest BCUT2D eigenvalue weighted by Crippen LogP contribution is 2.35. The van der Waals surface area contributed by atoms with Crippen molar-refractivity contribution in [3.63, 3.8) is 0 Å². The fraction of sp³-hybridized carbons (Fsp3) is 0.438. The number of hydrogen-bond acceptors (Lipinski definition) is 5. The zero-order chi connectivity index (χ0) is 16.6. The van der Waals surface area contributed by atoms with Gasteiger partial charge < -0.3 is 9.47 Å². The molecular formula is C16H18BrNO4. The number of halogens is 1. The van der Waals surface area contributed by atoms with Crippen molar-refractivity contribution in [1.82, 2.24) is 0 Å². The molecule has 0 heterocycles. The van der Waals surface area contributed by atoms with Gasteiger partial charge in [0.25, 0.3) is 0 Å². The molecule has 22 heavy (non-hydrogen) atoms. The Morgan fingerprint density at radius 1 is 1.09 bits per heavy atom. The topological polar surface area (TPSA) is 76.4 Å². The van der Waals surface area contributed by atoms with Crippen LogP contribution in [0.15, 0.2) is 28.7 Å². The van der Waals surface area contributed by atoms with Gasteiger partial charge in [0.15, 0.2) is 0 Å². The van der Waals surface area contributed by atoms with Crippen molar-refractivity contribution < 1.29 is 19.1 Å². The lowest BCUT2D eigenvalue weighted by Gasteiger charge is -2.26. The second kappa shape index (κ2) is 8.54. The molecule has 0 aliphatic heterocycles. The number of ether oxygens (including phenoxy) is 2. The number of hydrogen-bond donors (Lipinski definition) is 0. The molecular weight excluding hydrogens is 350 g/mol. The number of nitriles is 1. The molecule has 118 valence electrons. The summed E-state index contributed by atoms with van der Waals surface area (Å²) >= 11 is 3.35. The smallest absolute Gasteiger partial charge is 0.305 e. The van der Waals surface area contributed by atoms with E-state index in [1.807, 2.05) is 24.3 Å². The van der Waals surface area contributed by atoms with Crippen molar-refractivity contribution in [3.05, 3.63) is 34.3 Å². The van der Waals surface area contributed by atoms with Crippen LogP contribution in [0.3, 0.4) is 0 Å². The Morgan fingerprint density at radius 3 is 1.91 bits per heavy atom. The maximum Gasteiger partial charge on any atom is 0.305 e. The number of methoxy groups -OCH3 is 2. The lowest BCUT2D eigenvalue weighted by Crippen LogP contribution is -2.27. The molecule has 0 saturated heterocycles. The highest BCUT2D eigenvalue weighted by Gasteiger charge is 2.33. The third-order valence-corrected chi connectivity index (χ3v) is 4.11. The summed E-state index contributed by atoms with van der Waals surface area (Å²) in [5, 5.41) is 9.70. The highest BCUT2D eigenvalue weighted by atomic mass is 79.9. The van der Waals surface area contributed by atoms with Crippen molar-refractivity contribution in [2.45, 2.75) is 31.1 Å². The predicted octanol–water partition coefficient (Wildman–Crippen LogP) is 3.12. The standard InChI is InChI=1S/C16H18BrNO4/c1-21-14(19)7-9-16(11-18,10-8-15(20)22-2)12-3-5-13(17)6-4-12/h3-6H,7-10H2,1-2H3. The largest absolute Gasteiger partial charge is 0.469 e. The van der Waals surface area contributed by atoms with Crippen molar-refractivity contribution in [1.29, 1.82) is 5.26 Å². The van der Waals surface area contributed by atoms with Gasteiger partial charge >= 0.3 is 11.9 Å². The number of nitrogens with zero attached hydrogens (tertiary/aromatic N) is 1. The molecule has 5 nitrogen and oxygen atoms in total. The van der Waals surface area contributed by atoms with Crippen LogP contribution in [-0.4, -0.2) is 26.2 Å². The Kier molecular flexibility index (Phi) is 7.06. The van der Waals surface area contributed by atoms with Gasteiger partial charge in [0.1, 0.15) is 0 Å². The summed E-state index contributed by atoms with van der Waals surface area (Å²) in [7, 11) is 2.62. The number of rotatable bonds is 7. The maximum atomic E-state index is 11.4. The van der Waals surface area contributed by atoms with Gasteiger partial charge in [-0.25, -0.2) is 0 Å². The van der Waals surface area contributed by atoms with Crippen LogP contribution in [0, 0.1) is 11.3 Å². The second-order valence-corrected chi connectivity index (χ2v) is 5.77. The van der Waals surface area contributed by atoms with Gasteiger partial charge in [-0.2, -0.15) is 5.26 Å². The molecule has 0 aliphatic rings. The minimum Gasteiger partial charge on any atom is -0.469 e. The van der Waals surface area contributed by atoms with E-state index in [-0.39, 0.29) is 37.6 Å². The average Bonchev–Trinajstić information content (AvgIpc) is 2.55. The molecule has 0 spiro atoms. The molecule has 1 aromatic carbocycles. The van der Waals surface area contributed by atoms with Gasteiger partial charge in [0.2, 0.25) is 0 Å². The number of carbonyl (C=O) groups is 2. The molecule has 1 rings (SSSR count). The van der Waals surface area contributed by atoms with E-state index in [9.17, 15) is 14.9 Å². The summed E-state index contributed by atoms with van der Waals surface area (Å²) in [6.07, 6.45) is 0.798. The van der Waals surface area contributed by atoms with Crippen LogP contribution in [0.2, 0.25) is 0 Å². The molecule has 0 amide bonds. The Morgan fingerprint density at radius 2 is 1.55 bits per heavy atom. The van der Waals surface area contributed by atoms with Crippen molar-refractivity contribution in [2.24, 2.45) is 0 Å². The fourth-order valence-corrected chi connectivity index (χ4v) is 2.46. The second-order valence-electron chi connectivity index (χ2n) is 4.85. The van der Waals surface area contributed by atoms with Crippen LogP contribution in [0.25, 0.3) is 0 Å². The van der Waals surface area contributed by atoms with Crippen LogP contribution >= 0.6 is 15.9 Å². The molecule has 0 bridgehead atoms. The summed E-state index contributed by atoms with van der Waals surface area (Å²) in [6, 6.07) is 9.58. The average molecular weight is 368 g/mol. The number of esters is 2. The van der Waals surface area contributed by atoms with Gasteiger partial charge in [-0.1, -0.05) is 28.1 Å². The van der Waals surface area contributed by atoms with Crippen LogP contribution in [0.5, 0.6) is 0 Å². The summed E-state index contributed by atoms with van der Waals surface area (Å²) < 4.78 is 10.2. The first-order chi connectivity index (χ1) is 10.5. The molecule has 0 N–H and O–H groups in total. The third kappa shape index (κ3) is 4.85. The summed E-state index contributed by atoms with van der Waals surface area (Å²) in [5.74, 6) is -0.760. The fourth-order valence-electron chi connectivity index (χ4n) is 2.19. The van der Waals surface area contributed by atoms with E-state index in [1.165, 1.54) is 14.2 Å². The van der Waals surface area contributed by atoms with Crippen LogP contribution < -0.4 is 0 Å². The molecule has 0 aromatic heterocycles. The molecule has 0 unspecified atom stereocenters. The monoisotopic (exact) mass is 367 g/mol. The highest BCUT2D eigenvalue weighted by molar-refractivity contribution is 9.10. The Balaban J connectivity index is 3.05. The summed E-state index contributed by atoms with van der Waals surface area (Å²) in [4.78, 5) is 22.8. The van der Waals surface area contributed by atoms with Crippen molar-refractivity contribution in [2.75, 3.05) is 14.2 Å². The minimum atomic E-state index is -0.928. The Labute approximate surface area is 138 Å². The Bertz CT molecular complexity index is 543. The predicted molar refractivity (Wildman–Crippen MR) is 83.9 cm³/mol. The van der Waals surface area contributed by atoms with Gasteiger partial charge in [0.05, 0.1) is 25.7 Å². The molecule has 0 aliphatic carbocycles. The van der Waals surface area contributed by atoms with Crippen LogP contribution in [0.4, 0.5) is 0 Å². The van der Waals surface area contributed by atoms with E-state index in [4.69, 9.17) is 0 Å². The normalized spacial score (nSPS) is 10.6. The summed E-state index contributed by atoms with van der Waals surface area (Å²) in [6.45, 7) is 0. The first-order valence-corrected chi connectivity index (χ1v) is 7.57. The van der Waals surface area contributed by atoms with Crippen molar-refractivity contribution in [3.8, 4) is 6.07 Å². The van der Waals surface area contributed by atoms with E-state index in [1.54, 1.807) is 0 Å². The SMILES string of the molecule is COC(=O)CCC(C#N)(CCC(=O)OC)c1ccc(Br)cc1. The van der Waals surface area contributed by atoms with E-state index in [2.05, 4.69) is 31.5 Å². The molecule has 1 aromatic rings. The third-order valence-electron chi connectivity index (χ3n) is 3.58. The molecule has 0 atom stereocenters. The van der Waals surface area contributed by atoms with E-state index in [0.717, 1.165) is 10.0 Å². The maximum absolute atomic E-state index is 11.4. The lowest BCUT2D eigenvalue weighted by molar-refractivity contribution is -0.141. The lowest BCUT2D eigenvalue weighted by atomic mass is 9.74. The molecule has 0 radical (unpaired) electrons. The van der Waals surface area contributed by atoms with Gasteiger partial charge in [0, 0.05) is 17.3 Å². The molecule has 6 heteroatoms. The van der Waals surface area contributed by atoms with E-state index in [0.29, 0.717) is 0 Å². The quantitative estimate of drug-likeness (QED) is 0.692. The van der Waals surface area contributed by atoms with Crippen molar-refractivity contribution >= 4 is 27.9 Å². The number of benzene rings is 1. The van der Waals surface area contributed by atoms with Gasteiger partial charge in [-0.3, -0.25) is 9.59 Å². The first-order valence-electron chi connectivity index (χ1n) is 6.78. The number of carbonyl (C=O) groups excluding carboxylic acids is 2. The first kappa shape index (κ1) is 18.2. The van der Waals surface area contributed by atoms with Crippen LogP contribution in [0.1, 0.15) is 31.2 Å². The van der Waals surface area contributed by atoms with E-state index < -0.39 is 5.41 Å². The zero-order valence-corrected chi connectivity index (χ0v) is 14.2. The van der Waals surface area contributed by atoms with Gasteiger partial charge in [-0.05, 0) is 30.5 Å². The van der Waals surface area contributed by atoms with Crippen LogP contribution in [-0.2, 0) is 24.5 Å². The molecule has 0 saturated carbocycles. The van der Waals surface area contributed by atoms with Gasteiger partial charge in [-0.15, -0.1) is 0 Å².